The summed E-state index contributed by atoms with van der Waals surface area (Å²) in [7, 11) is 0. The maximum absolute atomic E-state index is 7.80. The Morgan fingerprint density at radius 1 is 0.739 bits per heavy atom. The third kappa shape index (κ3) is 6.22. The van der Waals surface area contributed by atoms with Gasteiger partial charge in [-0.05, 0) is 36.4 Å². The number of pyridine rings is 3. The van der Waals surface area contributed by atoms with Crippen LogP contribution in [0.25, 0.3) is 22.8 Å². The molecule has 23 heavy (non-hydrogen) atoms. The van der Waals surface area contributed by atoms with Crippen LogP contribution in [0.4, 0.5) is 0 Å². The first kappa shape index (κ1) is 19.5. The van der Waals surface area contributed by atoms with Crippen molar-refractivity contribution in [3.8, 4) is 22.8 Å². The topological polar surface area (TPSA) is 58.9 Å². The summed E-state index contributed by atoms with van der Waals surface area (Å²) in [6.07, 6.45) is 3.54. The molecule has 0 aliphatic heterocycles. The first-order chi connectivity index (χ1) is 10.8. The summed E-state index contributed by atoms with van der Waals surface area (Å²) in [5.74, 6) is 0.569. The fraction of sp³-hybridized carbons (Fsp3) is 0.118. The average Bonchev–Trinajstić information content (AvgIpc) is 2.63. The van der Waals surface area contributed by atoms with Crippen LogP contribution in [-0.4, -0.2) is 32.4 Å². The van der Waals surface area contributed by atoms with Crippen LogP contribution in [0.15, 0.2) is 67.0 Å². The van der Waals surface area contributed by atoms with Gasteiger partial charge in [0.15, 0.2) is 0 Å². The van der Waals surface area contributed by atoms with E-state index in [4.69, 9.17) is 5.11 Å². The molecule has 0 saturated heterocycles. The fourth-order valence-electron chi connectivity index (χ4n) is 1.75. The van der Waals surface area contributed by atoms with E-state index in [-0.39, 0.29) is 27.7 Å². The van der Waals surface area contributed by atoms with E-state index in [1.807, 2.05) is 54.6 Å². The Kier molecular flexibility index (Phi) is 9.37. The van der Waals surface area contributed by atoms with Gasteiger partial charge in [0.1, 0.15) is 0 Å². The molecule has 3 aromatic rings. The molecule has 0 unspecified atom stereocenters. The molecule has 0 bridgehead atoms. The first-order valence-electron chi connectivity index (χ1n) is 6.86. The quantitative estimate of drug-likeness (QED) is 0.537. The van der Waals surface area contributed by atoms with E-state index < -0.39 is 0 Å². The third-order valence-electron chi connectivity index (χ3n) is 2.70. The van der Waals surface area contributed by atoms with E-state index >= 15 is 0 Å². The number of aliphatic hydroxyl groups is 1. The summed E-state index contributed by atoms with van der Waals surface area (Å²) in [6.45, 7) is 0.184. The molecule has 0 aliphatic rings. The summed E-state index contributed by atoms with van der Waals surface area (Å²) in [4.78, 5) is 13.2. The summed E-state index contributed by atoms with van der Waals surface area (Å²) in [6, 6.07) is 17.5. The van der Waals surface area contributed by atoms with Crippen LogP contribution in [-0.2, 0) is 21.1 Å². The van der Waals surface area contributed by atoms with Crippen molar-refractivity contribution < 1.29 is 26.2 Å². The predicted molar refractivity (Wildman–Crippen MR) is 91.6 cm³/mol. The first-order valence-corrected chi connectivity index (χ1v) is 7.50. The molecule has 4 nitrogen and oxygen atoms in total. The molecule has 0 spiro atoms. The average molecular weight is 506 g/mol. The minimum absolute atomic E-state index is 0. The van der Waals surface area contributed by atoms with Crippen LogP contribution < -0.4 is 0 Å². The minimum atomic E-state index is 0. The van der Waals surface area contributed by atoms with Crippen molar-refractivity contribution in [3.63, 3.8) is 0 Å². The Bertz CT molecular complexity index is 627. The number of aliphatic hydroxyl groups excluding tert-OH is 1. The number of rotatable bonds is 3. The second-order valence-electron chi connectivity index (χ2n) is 4.29. The van der Waals surface area contributed by atoms with Crippen LogP contribution >= 0.6 is 12.6 Å². The van der Waals surface area contributed by atoms with Crippen molar-refractivity contribution in [3.05, 3.63) is 67.0 Å². The van der Waals surface area contributed by atoms with Crippen LogP contribution in [0.1, 0.15) is 0 Å². The molecule has 6 heteroatoms. The summed E-state index contributed by atoms with van der Waals surface area (Å²) in [5.41, 5.74) is 3.46. The van der Waals surface area contributed by atoms with Crippen LogP contribution in [0, 0.1) is 0 Å². The van der Waals surface area contributed by atoms with Gasteiger partial charge in [-0.1, -0.05) is 18.2 Å². The zero-order valence-corrected chi connectivity index (χ0v) is 15.5. The van der Waals surface area contributed by atoms with Crippen molar-refractivity contribution in [1.29, 1.82) is 0 Å². The Hall–Kier alpha value is -1.55. The van der Waals surface area contributed by atoms with Crippen molar-refractivity contribution in [2.75, 3.05) is 12.4 Å². The molecule has 3 rings (SSSR count). The molecule has 0 saturated carbocycles. The van der Waals surface area contributed by atoms with Gasteiger partial charge in [0.2, 0.25) is 0 Å². The Morgan fingerprint density at radius 2 is 1.17 bits per heavy atom. The maximum Gasteiger partial charge on any atom is 4.00 e. The Morgan fingerprint density at radius 3 is 1.52 bits per heavy atom. The van der Waals surface area contributed by atoms with E-state index in [1.165, 1.54) is 0 Å². The summed E-state index contributed by atoms with van der Waals surface area (Å²) in [5, 5.41) is 7.80. The molecule has 3 heterocycles. The van der Waals surface area contributed by atoms with Crippen LogP contribution in [0.5, 0.6) is 0 Å². The zero-order valence-electron chi connectivity index (χ0n) is 12.3. The van der Waals surface area contributed by atoms with Gasteiger partial charge in [0.05, 0.1) is 29.4 Å². The second kappa shape index (κ2) is 11.1. The number of aromatic nitrogens is 3. The second-order valence-corrected chi connectivity index (χ2v) is 4.73. The van der Waals surface area contributed by atoms with Crippen molar-refractivity contribution in [1.82, 2.24) is 15.0 Å². The van der Waals surface area contributed by atoms with E-state index in [2.05, 4.69) is 27.6 Å². The molecular weight excluding hydrogens is 489 g/mol. The smallest absolute Gasteiger partial charge is 0.396 e. The fourth-order valence-corrected chi connectivity index (χ4v) is 1.75. The molecule has 1 N–H and O–H groups in total. The number of nitrogens with zero attached hydrogens (tertiary/aromatic N) is 3. The molecule has 0 atom stereocenters. The molecule has 3 aromatic heterocycles. The summed E-state index contributed by atoms with van der Waals surface area (Å²) >= 11 is 3.67. The van der Waals surface area contributed by atoms with Gasteiger partial charge in [-0.3, -0.25) is 9.97 Å². The van der Waals surface area contributed by atoms with Crippen molar-refractivity contribution >= 4 is 12.6 Å². The monoisotopic (exact) mass is 506 g/mol. The van der Waals surface area contributed by atoms with Gasteiger partial charge >= 0.3 is 21.1 Å². The SMILES string of the molecule is OCCS.[Pt+4].c1ccc(-c2cccc(-c3ccccn3)n2)nc1. The van der Waals surface area contributed by atoms with Gasteiger partial charge in [-0.2, -0.15) is 12.6 Å². The largest absolute Gasteiger partial charge is 4.00 e. The van der Waals surface area contributed by atoms with E-state index in [0.29, 0.717) is 5.75 Å². The van der Waals surface area contributed by atoms with E-state index in [1.54, 1.807) is 12.4 Å². The maximum atomic E-state index is 7.80. The van der Waals surface area contributed by atoms with E-state index in [9.17, 15) is 0 Å². The number of hydrogen-bond donors (Lipinski definition) is 2. The van der Waals surface area contributed by atoms with Gasteiger partial charge < -0.3 is 5.11 Å². The van der Waals surface area contributed by atoms with E-state index in [0.717, 1.165) is 22.8 Å². The Balaban J connectivity index is 0.000000478. The van der Waals surface area contributed by atoms with Gasteiger partial charge in [0.25, 0.3) is 0 Å². The van der Waals surface area contributed by atoms with Crippen molar-refractivity contribution in [2.24, 2.45) is 0 Å². The molecule has 0 fully saturated rings. The third-order valence-corrected chi connectivity index (χ3v) is 2.90. The summed E-state index contributed by atoms with van der Waals surface area (Å²) < 4.78 is 0. The Labute approximate surface area is 155 Å². The molecule has 0 radical (unpaired) electrons. The molecular formula is C17H17N3OPtS+4. The van der Waals surface area contributed by atoms with Gasteiger partial charge in [0, 0.05) is 18.1 Å². The predicted octanol–water partition coefficient (Wildman–Crippen LogP) is 3.11. The van der Waals surface area contributed by atoms with Gasteiger partial charge in [-0.25, -0.2) is 4.98 Å². The van der Waals surface area contributed by atoms with Gasteiger partial charge in [-0.15, -0.1) is 0 Å². The van der Waals surface area contributed by atoms with Crippen LogP contribution in [0.2, 0.25) is 0 Å². The van der Waals surface area contributed by atoms with Crippen molar-refractivity contribution in [2.45, 2.75) is 0 Å². The minimum Gasteiger partial charge on any atom is -0.396 e. The van der Waals surface area contributed by atoms with Crippen LogP contribution in [0.3, 0.4) is 0 Å². The number of thiol groups is 1. The normalized spacial score (nSPS) is 9.30. The molecule has 0 aliphatic carbocycles. The number of hydrogen-bond acceptors (Lipinski definition) is 5. The zero-order chi connectivity index (χ0) is 15.6. The standard InChI is InChI=1S/C15H11N3.C2H6OS.Pt/c1-3-10-16-12(6-1)14-8-5-9-15(18-14)13-7-2-4-11-17-13;3-1-2-4;/h1-11H;3-4H,1-2H2;/q;;+4. The molecule has 0 aromatic carbocycles. The molecule has 0 amide bonds. The molecule has 118 valence electrons.